The molecule has 3 aromatic rings. The largest absolute Gasteiger partial charge is 0.460 e. The summed E-state index contributed by atoms with van der Waals surface area (Å²) in [7, 11) is 0. The third-order valence-corrected chi connectivity index (χ3v) is 5.48. The smallest absolute Gasteiger partial charge is 0.262 e. The van der Waals surface area contributed by atoms with Gasteiger partial charge in [0.15, 0.2) is 5.13 Å². The normalized spacial score (nSPS) is 20.4. The van der Waals surface area contributed by atoms with E-state index in [4.69, 9.17) is 4.42 Å². The highest BCUT2D eigenvalue weighted by Crippen LogP contribution is 2.47. The molecule has 0 saturated heterocycles. The molecule has 1 aromatic carbocycles. The van der Waals surface area contributed by atoms with Crippen molar-refractivity contribution in [1.82, 2.24) is 10.4 Å². The zero-order valence-electron chi connectivity index (χ0n) is 14.6. The van der Waals surface area contributed by atoms with Crippen molar-refractivity contribution >= 4 is 38.8 Å². The Kier molecular flexibility index (Phi) is 4.46. The van der Waals surface area contributed by atoms with E-state index in [2.05, 4.69) is 27.8 Å². The Labute approximate surface area is 155 Å². The SMILES string of the molecule is C[C@@H](Nc1nc2ccccc2s1)C(=O)N/N=C\c1ccc([C@@H]2C[C@@H]2C)o1. The maximum Gasteiger partial charge on any atom is 0.262 e. The summed E-state index contributed by atoms with van der Waals surface area (Å²) < 4.78 is 6.81. The molecule has 3 atom stereocenters. The Morgan fingerprint density at radius 2 is 2.19 bits per heavy atom. The zero-order chi connectivity index (χ0) is 18.1. The topological polar surface area (TPSA) is 79.5 Å². The van der Waals surface area contributed by atoms with Crippen LogP contribution in [0.25, 0.3) is 10.2 Å². The summed E-state index contributed by atoms with van der Waals surface area (Å²) >= 11 is 1.52. The van der Waals surface area contributed by atoms with E-state index in [0.717, 1.165) is 16.0 Å². The third kappa shape index (κ3) is 3.62. The van der Waals surface area contributed by atoms with E-state index in [0.29, 0.717) is 22.7 Å². The fourth-order valence-electron chi connectivity index (χ4n) is 2.80. The van der Waals surface area contributed by atoms with E-state index in [1.165, 1.54) is 24.0 Å². The van der Waals surface area contributed by atoms with Crippen LogP contribution in [0.2, 0.25) is 0 Å². The van der Waals surface area contributed by atoms with Gasteiger partial charge < -0.3 is 9.73 Å². The number of amides is 1. The number of hydrogen-bond acceptors (Lipinski definition) is 6. The summed E-state index contributed by atoms with van der Waals surface area (Å²) in [5.41, 5.74) is 3.45. The molecule has 1 aliphatic rings. The number of hydrazone groups is 1. The number of nitrogens with one attached hydrogen (secondary N) is 2. The number of rotatable bonds is 6. The summed E-state index contributed by atoms with van der Waals surface area (Å²) in [5.74, 6) is 2.63. The Balaban J connectivity index is 1.31. The molecule has 1 fully saturated rings. The minimum Gasteiger partial charge on any atom is -0.460 e. The molecule has 1 amide bonds. The van der Waals surface area contributed by atoms with Crippen LogP contribution in [0.1, 0.15) is 37.7 Å². The Morgan fingerprint density at radius 3 is 2.96 bits per heavy atom. The van der Waals surface area contributed by atoms with Gasteiger partial charge in [0.2, 0.25) is 0 Å². The van der Waals surface area contributed by atoms with Gasteiger partial charge in [-0.1, -0.05) is 30.4 Å². The molecule has 2 aromatic heterocycles. The molecule has 0 spiro atoms. The first kappa shape index (κ1) is 16.8. The van der Waals surface area contributed by atoms with Crippen LogP contribution in [0.3, 0.4) is 0 Å². The highest BCUT2D eigenvalue weighted by atomic mass is 32.1. The van der Waals surface area contributed by atoms with Crippen LogP contribution in [-0.4, -0.2) is 23.1 Å². The van der Waals surface area contributed by atoms with E-state index < -0.39 is 6.04 Å². The summed E-state index contributed by atoms with van der Waals surface area (Å²) in [6.07, 6.45) is 2.70. The van der Waals surface area contributed by atoms with Crippen LogP contribution in [0, 0.1) is 5.92 Å². The molecule has 4 rings (SSSR count). The number of aromatic nitrogens is 1. The van der Waals surface area contributed by atoms with Crippen LogP contribution in [0.5, 0.6) is 0 Å². The molecule has 1 aliphatic carbocycles. The van der Waals surface area contributed by atoms with Crippen molar-refractivity contribution in [1.29, 1.82) is 0 Å². The molecule has 6 nitrogen and oxygen atoms in total. The van der Waals surface area contributed by atoms with Gasteiger partial charge in [-0.25, -0.2) is 10.4 Å². The van der Waals surface area contributed by atoms with Crippen molar-refractivity contribution in [3.05, 3.63) is 47.9 Å². The third-order valence-electron chi connectivity index (χ3n) is 4.52. The molecule has 134 valence electrons. The van der Waals surface area contributed by atoms with Crippen molar-refractivity contribution in [3.8, 4) is 0 Å². The number of nitrogens with zero attached hydrogens (tertiary/aromatic N) is 2. The van der Waals surface area contributed by atoms with Gasteiger partial charge in [-0.15, -0.1) is 0 Å². The number of benzene rings is 1. The minimum atomic E-state index is -0.452. The van der Waals surface area contributed by atoms with Gasteiger partial charge in [0, 0.05) is 5.92 Å². The molecule has 7 heteroatoms. The van der Waals surface area contributed by atoms with Gasteiger partial charge in [0.25, 0.3) is 5.91 Å². The van der Waals surface area contributed by atoms with Gasteiger partial charge in [-0.05, 0) is 43.5 Å². The predicted octanol–water partition coefficient (Wildman–Crippen LogP) is 3.96. The van der Waals surface area contributed by atoms with E-state index in [9.17, 15) is 4.79 Å². The maximum absolute atomic E-state index is 12.2. The Bertz CT molecular complexity index is 928. The first-order chi connectivity index (χ1) is 12.6. The van der Waals surface area contributed by atoms with Crippen LogP contribution in [-0.2, 0) is 4.79 Å². The Morgan fingerprint density at radius 1 is 1.38 bits per heavy atom. The lowest BCUT2D eigenvalue weighted by molar-refractivity contribution is -0.121. The summed E-state index contributed by atoms with van der Waals surface area (Å²) in [5, 5.41) is 7.81. The quantitative estimate of drug-likeness (QED) is 0.510. The fraction of sp³-hybridized carbons (Fsp3) is 0.316. The summed E-state index contributed by atoms with van der Waals surface area (Å²) in [6, 6.07) is 11.3. The number of hydrogen-bond donors (Lipinski definition) is 2. The second-order valence-electron chi connectivity index (χ2n) is 6.65. The molecule has 1 saturated carbocycles. The number of carbonyl (C=O) groups excluding carboxylic acids is 1. The molecule has 0 aliphatic heterocycles. The number of fused-ring (bicyclic) bond motifs is 1. The second-order valence-corrected chi connectivity index (χ2v) is 7.68. The lowest BCUT2D eigenvalue weighted by Crippen LogP contribution is -2.34. The standard InChI is InChI=1S/C19H20N4O2S/c1-11-9-14(11)16-8-7-13(25-16)10-20-23-18(24)12(2)21-19-22-15-5-3-4-6-17(15)26-19/h3-8,10-12,14H,9H2,1-2H3,(H,21,22)(H,23,24)/b20-10-/t11-,12+,14+/m0/s1. The maximum atomic E-state index is 12.2. The number of anilines is 1. The van der Waals surface area contributed by atoms with Crippen LogP contribution < -0.4 is 10.7 Å². The van der Waals surface area contributed by atoms with Crippen molar-refractivity contribution in [2.24, 2.45) is 11.0 Å². The van der Waals surface area contributed by atoms with Crippen LogP contribution in [0.4, 0.5) is 5.13 Å². The van der Waals surface area contributed by atoms with Crippen LogP contribution >= 0.6 is 11.3 Å². The van der Waals surface area contributed by atoms with E-state index >= 15 is 0 Å². The predicted molar refractivity (Wildman–Crippen MR) is 104 cm³/mol. The zero-order valence-corrected chi connectivity index (χ0v) is 15.4. The Hall–Kier alpha value is -2.67. The van der Waals surface area contributed by atoms with E-state index in [1.807, 2.05) is 36.4 Å². The average molecular weight is 368 g/mol. The lowest BCUT2D eigenvalue weighted by atomic mass is 10.3. The number of para-hydroxylation sites is 1. The molecule has 0 radical (unpaired) electrons. The van der Waals surface area contributed by atoms with Gasteiger partial charge in [-0.2, -0.15) is 5.10 Å². The number of thiazole rings is 1. The van der Waals surface area contributed by atoms with Gasteiger partial charge >= 0.3 is 0 Å². The monoisotopic (exact) mass is 368 g/mol. The second kappa shape index (κ2) is 6.92. The molecule has 0 unspecified atom stereocenters. The first-order valence-electron chi connectivity index (χ1n) is 8.65. The van der Waals surface area contributed by atoms with Crippen molar-refractivity contribution in [2.45, 2.75) is 32.2 Å². The fourth-order valence-corrected chi connectivity index (χ4v) is 3.75. The highest BCUT2D eigenvalue weighted by Gasteiger charge is 2.36. The first-order valence-corrected chi connectivity index (χ1v) is 9.46. The molecule has 26 heavy (non-hydrogen) atoms. The lowest BCUT2D eigenvalue weighted by Gasteiger charge is -2.10. The van der Waals surface area contributed by atoms with Gasteiger partial charge in [-0.3, -0.25) is 4.79 Å². The van der Waals surface area contributed by atoms with E-state index in [-0.39, 0.29) is 5.91 Å². The van der Waals surface area contributed by atoms with Crippen molar-refractivity contribution in [3.63, 3.8) is 0 Å². The van der Waals surface area contributed by atoms with Crippen LogP contribution in [0.15, 0.2) is 45.9 Å². The van der Waals surface area contributed by atoms with Gasteiger partial charge in [0.1, 0.15) is 17.6 Å². The number of carbonyl (C=O) groups is 1. The van der Waals surface area contributed by atoms with Gasteiger partial charge in [0.05, 0.1) is 16.4 Å². The molecule has 0 bridgehead atoms. The number of furan rings is 1. The van der Waals surface area contributed by atoms with Crippen molar-refractivity contribution in [2.75, 3.05) is 5.32 Å². The molecular formula is C19H20N4O2S. The molecule has 2 N–H and O–H groups in total. The molecule has 2 heterocycles. The molecular weight excluding hydrogens is 348 g/mol. The van der Waals surface area contributed by atoms with E-state index in [1.54, 1.807) is 6.92 Å². The highest BCUT2D eigenvalue weighted by molar-refractivity contribution is 7.22. The summed E-state index contributed by atoms with van der Waals surface area (Å²) in [4.78, 5) is 16.6. The average Bonchev–Trinajstić information content (AvgIpc) is 3.03. The summed E-state index contributed by atoms with van der Waals surface area (Å²) in [6.45, 7) is 3.98. The van der Waals surface area contributed by atoms with Crippen molar-refractivity contribution < 1.29 is 9.21 Å². The minimum absolute atomic E-state index is 0.233.